The van der Waals surface area contributed by atoms with Crippen LogP contribution in [0, 0.1) is 11.3 Å². The minimum atomic E-state index is -0.243. The van der Waals surface area contributed by atoms with Gasteiger partial charge in [0.25, 0.3) is 5.91 Å². The van der Waals surface area contributed by atoms with Crippen LogP contribution in [0.1, 0.15) is 27.2 Å². The molecule has 0 saturated carbocycles. The summed E-state index contributed by atoms with van der Waals surface area (Å²) in [5, 5.41) is 27.0. The number of carbonyl (C=O) groups excluding carboxylic acids is 1. The predicted molar refractivity (Wildman–Crippen MR) is 142 cm³/mol. The van der Waals surface area contributed by atoms with Crippen LogP contribution in [0.15, 0.2) is 55.0 Å². The van der Waals surface area contributed by atoms with Crippen LogP contribution in [0.2, 0.25) is 5.02 Å². The van der Waals surface area contributed by atoms with Crippen molar-refractivity contribution >= 4 is 29.1 Å². The smallest absolute Gasteiger partial charge is 0.271 e. The first-order valence-corrected chi connectivity index (χ1v) is 12.3. The zero-order valence-electron chi connectivity index (χ0n) is 20.9. The zero-order chi connectivity index (χ0) is 26.8. The lowest BCUT2D eigenvalue weighted by atomic mass is 10.0. The van der Waals surface area contributed by atoms with Crippen molar-refractivity contribution in [1.82, 2.24) is 24.2 Å². The Morgan fingerprint density at radius 1 is 1.26 bits per heavy atom. The molecule has 38 heavy (non-hydrogen) atoms. The molecule has 1 aliphatic rings. The molecule has 0 unspecified atom stereocenters. The Hall–Kier alpha value is -4.17. The van der Waals surface area contributed by atoms with Crippen LogP contribution in [-0.4, -0.2) is 55.0 Å². The Morgan fingerprint density at radius 3 is 2.82 bits per heavy atom. The number of nitrogens with one attached hydrogen (secondary N) is 1. The van der Waals surface area contributed by atoms with Crippen LogP contribution >= 0.6 is 11.6 Å². The van der Waals surface area contributed by atoms with Gasteiger partial charge in [-0.2, -0.15) is 10.4 Å². The number of nitriles is 1. The number of halogens is 1. The minimum absolute atomic E-state index is 0.172. The fourth-order valence-corrected chi connectivity index (χ4v) is 4.91. The SMILES string of the molecule is COC[C@H]1Cn2cc(-c3cc(Nc4ccnn4C)ncc3Cl)cc2C(=O)N1Cc1cc(C#N)ccc1CO. The molecule has 2 N–H and O–H groups in total. The lowest BCUT2D eigenvalue weighted by Crippen LogP contribution is -2.49. The van der Waals surface area contributed by atoms with E-state index in [9.17, 15) is 15.2 Å². The fraction of sp³-hybridized carbons (Fsp3) is 0.259. The average Bonchev–Trinajstić information content (AvgIpc) is 3.53. The number of benzene rings is 1. The van der Waals surface area contributed by atoms with Crippen LogP contribution in [0.25, 0.3) is 11.1 Å². The number of rotatable bonds is 8. The number of amides is 1. The standard InChI is InChI=1S/C27H26ClN7O3/c1-33-26(5-6-31-33)32-25-9-22(23(28)11-30-25)20-8-24-27(37)35(21(16-38-2)14-34(24)12-20)13-19-7-17(10-29)3-4-18(19)15-36/h3-9,11-12,21,36H,13-16H2,1-2H3,(H,30,32)/t21-/m1/s1. The molecule has 0 saturated heterocycles. The van der Waals surface area contributed by atoms with Gasteiger partial charge < -0.3 is 24.6 Å². The normalized spacial score (nSPS) is 14.9. The molecule has 4 aromatic rings. The third-order valence-electron chi connectivity index (χ3n) is 6.67. The highest BCUT2D eigenvalue weighted by Gasteiger charge is 2.34. The molecule has 0 spiro atoms. The van der Waals surface area contributed by atoms with Crippen molar-refractivity contribution < 1.29 is 14.6 Å². The Balaban J connectivity index is 1.48. The third kappa shape index (κ3) is 4.87. The van der Waals surface area contributed by atoms with Crippen LogP contribution < -0.4 is 5.32 Å². The van der Waals surface area contributed by atoms with Crippen molar-refractivity contribution in [2.24, 2.45) is 7.05 Å². The van der Waals surface area contributed by atoms with E-state index in [1.165, 1.54) is 0 Å². The molecule has 1 atom stereocenters. The molecule has 11 heteroatoms. The van der Waals surface area contributed by atoms with Crippen molar-refractivity contribution in [3.63, 3.8) is 0 Å². The first-order chi connectivity index (χ1) is 18.4. The van der Waals surface area contributed by atoms with E-state index >= 15 is 0 Å². The van der Waals surface area contributed by atoms with Crippen LogP contribution in [0.4, 0.5) is 11.6 Å². The van der Waals surface area contributed by atoms with Gasteiger partial charge in [-0.25, -0.2) is 4.98 Å². The van der Waals surface area contributed by atoms with Gasteiger partial charge >= 0.3 is 0 Å². The largest absolute Gasteiger partial charge is 0.392 e. The minimum Gasteiger partial charge on any atom is -0.392 e. The molecule has 0 radical (unpaired) electrons. The molecule has 0 bridgehead atoms. The van der Waals surface area contributed by atoms with Gasteiger partial charge in [-0.15, -0.1) is 0 Å². The van der Waals surface area contributed by atoms with Crippen LogP contribution in [0.3, 0.4) is 0 Å². The number of ether oxygens (including phenoxy) is 1. The van der Waals surface area contributed by atoms with E-state index < -0.39 is 0 Å². The monoisotopic (exact) mass is 531 g/mol. The molecule has 3 aromatic heterocycles. The van der Waals surface area contributed by atoms with Crippen molar-refractivity contribution in [1.29, 1.82) is 5.26 Å². The third-order valence-corrected chi connectivity index (χ3v) is 6.97. The average molecular weight is 532 g/mol. The summed E-state index contributed by atoms with van der Waals surface area (Å²) in [6, 6.07) is 12.5. The van der Waals surface area contributed by atoms with E-state index in [-0.39, 0.29) is 25.1 Å². The Bertz CT molecular complexity index is 1540. The Kier molecular flexibility index (Phi) is 7.15. The number of aliphatic hydroxyl groups is 1. The summed E-state index contributed by atoms with van der Waals surface area (Å²) in [5.41, 5.74) is 3.91. The number of anilines is 2. The molecule has 1 aliphatic heterocycles. The maximum Gasteiger partial charge on any atom is 0.271 e. The number of methoxy groups -OCH3 is 1. The number of aromatic nitrogens is 4. The summed E-state index contributed by atoms with van der Waals surface area (Å²) in [5.74, 6) is 1.20. The first-order valence-electron chi connectivity index (χ1n) is 12.0. The number of hydrogen-bond acceptors (Lipinski definition) is 7. The second-order valence-electron chi connectivity index (χ2n) is 9.08. The van der Waals surface area contributed by atoms with E-state index in [0.29, 0.717) is 40.8 Å². The molecule has 194 valence electrons. The number of carbonyl (C=O) groups is 1. The first kappa shape index (κ1) is 25.5. The van der Waals surface area contributed by atoms with Crippen LogP contribution in [0.5, 0.6) is 0 Å². The summed E-state index contributed by atoms with van der Waals surface area (Å²) in [6.45, 7) is 0.909. The Morgan fingerprint density at radius 2 is 2.11 bits per heavy atom. The van der Waals surface area contributed by atoms with Gasteiger partial charge in [0.05, 0.1) is 42.1 Å². The highest BCUT2D eigenvalue weighted by Crippen LogP contribution is 2.34. The second kappa shape index (κ2) is 10.7. The molecular weight excluding hydrogens is 506 g/mol. The molecule has 1 aromatic carbocycles. The number of fused-ring (bicyclic) bond motifs is 1. The quantitative estimate of drug-likeness (QED) is 0.355. The lowest BCUT2D eigenvalue weighted by molar-refractivity contribution is 0.0386. The molecule has 10 nitrogen and oxygen atoms in total. The molecule has 0 aliphatic carbocycles. The zero-order valence-corrected chi connectivity index (χ0v) is 21.7. The summed E-state index contributed by atoms with van der Waals surface area (Å²) in [4.78, 5) is 19.9. The lowest BCUT2D eigenvalue weighted by Gasteiger charge is -2.36. The van der Waals surface area contributed by atoms with E-state index in [2.05, 4.69) is 21.5 Å². The van der Waals surface area contributed by atoms with Gasteiger partial charge in [0, 0.05) is 56.8 Å². The Labute approximate surface area is 224 Å². The van der Waals surface area contributed by atoms with E-state index in [1.54, 1.807) is 47.3 Å². The molecule has 4 heterocycles. The van der Waals surface area contributed by atoms with Gasteiger partial charge in [-0.05, 0) is 35.4 Å². The van der Waals surface area contributed by atoms with E-state index in [1.807, 2.05) is 36.0 Å². The summed E-state index contributed by atoms with van der Waals surface area (Å²) in [6.07, 6.45) is 5.18. The number of nitrogens with zero attached hydrogens (tertiary/aromatic N) is 6. The summed E-state index contributed by atoms with van der Waals surface area (Å²) in [7, 11) is 3.43. The maximum atomic E-state index is 13.8. The maximum absolute atomic E-state index is 13.8. The van der Waals surface area contributed by atoms with E-state index in [0.717, 1.165) is 22.5 Å². The predicted octanol–water partition coefficient (Wildman–Crippen LogP) is 3.72. The molecule has 5 rings (SSSR count). The molecule has 0 fully saturated rings. The van der Waals surface area contributed by atoms with Crippen molar-refractivity contribution in [3.05, 3.63) is 82.4 Å². The second-order valence-corrected chi connectivity index (χ2v) is 9.48. The van der Waals surface area contributed by atoms with Crippen molar-refractivity contribution in [2.75, 3.05) is 19.0 Å². The van der Waals surface area contributed by atoms with Gasteiger partial charge in [-0.1, -0.05) is 17.7 Å². The highest BCUT2D eigenvalue weighted by atomic mass is 35.5. The molecular formula is C27H26ClN7O3. The van der Waals surface area contributed by atoms with Gasteiger partial charge in [0.2, 0.25) is 0 Å². The number of hydrogen-bond donors (Lipinski definition) is 2. The van der Waals surface area contributed by atoms with Crippen molar-refractivity contribution in [3.8, 4) is 17.2 Å². The van der Waals surface area contributed by atoms with Crippen molar-refractivity contribution in [2.45, 2.75) is 25.7 Å². The highest BCUT2D eigenvalue weighted by molar-refractivity contribution is 6.33. The van der Waals surface area contributed by atoms with Gasteiger partial charge in [0.1, 0.15) is 17.3 Å². The number of aryl methyl sites for hydroxylation is 1. The number of aliphatic hydroxyl groups excluding tert-OH is 1. The summed E-state index contributed by atoms with van der Waals surface area (Å²) < 4.78 is 9.06. The van der Waals surface area contributed by atoms with Gasteiger partial charge in [-0.3, -0.25) is 9.48 Å². The number of pyridine rings is 1. The fourth-order valence-electron chi connectivity index (χ4n) is 4.70. The van der Waals surface area contributed by atoms with Gasteiger partial charge in [0.15, 0.2) is 0 Å². The topological polar surface area (TPSA) is 121 Å². The summed E-state index contributed by atoms with van der Waals surface area (Å²) >= 11 is 6.54. The van der Waals surface area contributed by atoms with Crippen LogP contribution in [-0.2, 0) is 31.5 Å². The molecule has 1 amide bonds. The van der Waals surface area contributed by atoms with E-state index in [4.69, 9.17) is 16.3 Å².